The fraction of sp³-hybridized carbons (Fsp3) is 0.304. The Hall–Kier alpha value is -2.79. The number of carbonyl (C=O) groups is 2. The van der Waals surface area contributed by atoms with Gasteiger partial charge in [0.1, 0.15) is 5.75 Å². The van der Waals surface area contributed by atoms with E-state index in [2.05, 4.69) is 11.9 Å². The van der Waals surface area contributed by atoms with Crippen molar-refractivity contribution in [2.45, 2.75) is 19.3 Å². The largest absolute Gasteiger partial charge is 0.497 e. The maximum Gasteiger partial charge on any atom is 0.313 e. The number of rotatable bonds is 5. The molecule has 1 aliphatic carbocycles. The summed E-state index contributed by atoms with van der Waals surface area (Å²) in [6.45, 7) is 4.55. The maximum absolute atomic E-state index is 12.6. The minimum atomic E-state index is -0.505. The molecular weight excluding hydrogens is 390 g/mol. The number of ether oxygens (including phenoxy) is 2. The molecule has 0 spiro atoms. The summed E-state index contributed by atoms with van der Waals surface area (Å²) in [5.41, 5.74) is 2.60. The Labute approximate surface area is 174 Å². The van der Waals surface area contributed by atoms with Gasteiger partial charge in [0.15, 0.2) is 0 Å². The van der Waals surface area contributed by atoms with Gasteiger partial charge in [-0.3, -0.25) is 9.59 Å². The molecule has 2 aromatic carbocycles. The third-order valence-electron chi connectivity index (χ3n) is 5.86. The predicted octanol–water partition coefficient (Wildman–Crippen LogP) is 4.65. The van der Waals surface area contributed by atoms with Crippen molar-refractivity contribution >= 4 is 29.2 Å². The Morgan fingerprint density at radius 3 is 2.79 bits per heavy atom. The van der Waals surface area contributed by atoms with Gasteiger partial charge in [0.05, 0.1) is 29.8 Å². The average Bonchev–Trinajstić information content (AvgIpc) is 3.18. The van der Waals surface area contributed by atoms with Crippen molar-refractivity contribution in [3.05, 3.63) is 70.8 Å². The van der Waals surface area contributed by atoms with Crippen molar-refractivity contribution in [3.63, 3.8) is 0 Å². The summed E-state index contributed by atoms with van der Waals surface area (Å²) < 4.78 is 10.5. The number of nitrogens with one attached hydrogen (secondary N) is 1. The monoisotopic (exact) mass is 411 g/mol. The van der Waals surface area contributed by atoms with E-state index in [1.165, 1.54) is 0 Å². The highest BCUT2D eigenvalue weighted by molar-refractivity contribution is 6.34. The fourth-order valence-corrected chi connectivity index (χ4v) is 4.49. The Morgan fingerprint density at radius 2 is 2.07 bits per heavy atom. The van der Waals surface area contributed by atoms with Crippen molar-refractivity contribution in [2.75, 3.05) is 19.0 Å². The van der Waals surface area contributed by atoms with E-state index in [0.717, 1.165) is 17.6 Å². The van der Waals surface area contributed by atoms with E-state index in [1.807, 2.05) is 12.1 Å². The van der Waals surface area contributed by atoms with Gasteiger partial charge < -0.3 is 14.8 Å². The standard InChI is InChI=1S/C23H22ClNO4/c1-14-9-17-13-29-22(27)23(17,11-14)12-15-3-5-16(6-4-15)21(26)25-20-10-18(28-2)7-8-19(20)24/h3-8,10,17H,1,9,11-13H2,2H3,(H,25,26). The van der Waals surface area contributed by atoms with E-state index in [4.69, 9.17) is 21.1 Å². The van der Waals surface area contributed by atoms with Crippen molar-refractivity contribution in [3.8, 4) is 5.75 Å². The van der Waals surface area contributed by atoms with Crippen LogP contribution >= 0.6 is 11.6 Å². The van der Waals surface area contributed by atoms with Crippen molar-refractivity contribution < 1.29 is 19.1 Å². The van der Waals surface area contributed by atoms with Crippen LogP contribution in [0.25, 0.3) is 0 Å². The molecule has 150 valence electrons. The number of esters is 1. The molecule has 1 saturated heterocycles. The first-order chi connectivity index (χ1) is 13.9. The number of amides is 1. The number of fused-ring (bicyclic) bond motifs is 1. The Kier molecular flexibility index (Phi) is 5.09. The molecule has 4 rings (SSSR count). The second-order valence-corrected chi connectivity index (χ2v) is 8.16. The lowest BCUT2D eigenvalue weighted by Gasteiger charge is -2.24. The Morgan fingerprint density at radius 1 is 1.31 bits per heavy atom. The molecule has 1 aliphatic heterocycles. The van der Waals surface area contributed by atoms with Gasteiger partial charge in [-0.05, 0) is 49.1 Å². The van der Waals surface area contributed by atoms with Gasteiger partial charge in [0.25, 0.3) is 5.91 Å². The molecule has 1 heterocycles. The normalized spacial score (nSPS) is 22.9. The van der Waals surface area contributed by atoms with Crippen LogP contribution in [0.15, 0.2) is 54.6 Å². The smallest absolute Gasteiger partial charge is 0.313 e. The van der Waals surface area contributed by atoms with Crippen LogP contribution in [0.3, 0.4) is 0 Å². The topological polar surface area (TPSA) is 64.6 Å². The van der Waals surface area contributed by atoms with Crippen LogP contribution in [0.5, 0.6) is 5.75 Å². The highest BCUT2D eigenvalue weighted by atomic mass is 35.5. The van der Waals surface area contributed by atoms with Gasteiger partial charge in [-0.15, -0.1) is 0 Å². The zero-order valence-corrected chi connectivity index (χ0v) is 16.9. The molecule has 1 N–H and O–H groups in total. The van der Waals surface area contributed by atoms with Crippen molar-refractivity contribution in [1.29, 1.82) is 0 Å². The van der Waals surface area contributed by atoms with E-state index >= 15 is 0 Å². The minimum absolute atomic E-state index is 0.129. The first-order valence-corrected chi connectivity index (χ1v) is 9.87. The van der Waals surface area contributed by atoms with E-state index in [-0.39, 0.29) is 17.8 Å². The van der Waals surface area contributed by atoms with Crippen molar-refractivity contribution in [2.24, 2.45) is 11.3 Å². The summed E-state index contributed by atoms with van der Waals surface area (Å²) in [7, 11) is 1.55. The van der Waals surface area contributed by atoms with Crippen molar-refractivity contribution in [1.82, 2.24) is 0 Å². The van der Waals surface area contributed by atoms with Crippen LogP contribution in [0, 0.1) is 11.3 Å². The number of hydrogen-bond donors (Lipinski definition) is 1. The molecule has 0 radical (unpaired) electrons. The SMILES string of the molecule is C=C1CC2COC(=O)C2(Cc2ccc(C(=O)Nc3cc(OC)ccc3Cl)cc2)C1. The van der Waals surface area contributed by atoms with E-state index < -0.39 is 5.41 Å². The third-order valence-corrected chi connectivity index (χ3v) is 6.19. The number of methoxy groups -OCH3 is 1. The molecule has 0 aromatic heterocycles. The van der Waals surface area contributed by atoms with Gasteiger partial charge in [0, 0.05) is 17.5 Å². The summed E-state index contributed by atoms with van der Waals surface area (Å²) in [4.78, 5) is 25.0. The van der Waals surface area contributed by atoms with E-state index in [0.29, 0.717) is 41.5 Å². The average molecular weight is 412 g/mol. The zero-order chi connectivity index (χ0) is 20.6. The summed E-state index contributed by atoms with van der Waals surface area (Å²) in [6, 6.07) is 12.4. The number of halogens is 1. The molecule has 2 aliphatic rings. The highest BCUT2D eigenvalue weighted by Crippen LogP contribution is 2.52. The molecule has 6 heteroatoms. The summed E-state index contributed by atoms with van der Waals surface area (Å²) in [5, 5.41) is 3.24. The zero-order valence-electron chi connectivity index (χ0n) is 16.2. The fourth-order valence-electron chi connectivity index (χ4n) is 4.32. The summed E-state index contributed by atoms with van der Waals surface area (Å²) in [6.07, 6.45) is 2.11. The quantitative estimate of drug-likeness (QED) is 0.574. The van der Waals surface area contributed by atoms with Crippen LogP contribution < -0.4 is 10.1 Å². The van der Waals surface area contributed by atoms with E-state index in [9.17, 15) is 9.59 Å². The second kappa shape index (κ2) is 7.56. The van der Waals surface area contributed by atoms with Gasteiger partial charge in [0.2, 0.25) is 0 Å². The van der Waals surface area contributed by atoms with E-state index in [1.54, 1.807) is 37.4 Å². The number of carbonyl (C=O) groups excluding carboxylic acids is 2. The molecule has 2 aromatic rings. The Balaban J connectivity index is 1.49. The number of anilines is 1. The predicted molar refractivity (Wildman–Crippen MR) is 111 cm³/mol. The molecule has 2 fully saturated rings. The first-order valence-electron chi connectivity index (χ1n) is 9.49. The van der Waals surface area contributed by atoms with Gasteiger partial charge >= 0.3 is 5.97 Å². The molecule has 5 nitrogen and oxygen atoms in total. The third kappa shape index (κ3) is 3.62. The van der Waals surface area contributed by atoms with Crippen LogP contribution in [0.1, 0.15) is 28.8 Å². The molecule has 29 heavy (non-hydrogen) atoms. The first kappa shape index (κ1) is 19.5. The number of allylic oxidation sites excluding steroid dienone is 1. The highest BCUT2D eigenvalue weighted by Gasteiger charge is 2.55. The van der Waals surface area contributed by atoms with Crippen LogP contribution in [0.2, 0.25) is 5.02 Å². The lowest BCUT2D eigenvalue weighted by atomic mass is 9.75. The minimum Gasteiger partial charge on any atom is -0.497 e. The van der Waals surface area contributed by atoms with Gasteiger partial charge in [-0.1, -0.05) is 35.9 Å². The second-order valence-electron chi connectivity index (χ2n) is 7.76. The molecule has 2 unspecified atom stereocenters. The molecule has 2 atom stereocenters. The Bertz CT molecular complexity index is 985. The number of benzene rings is 2. The molecule has 1 saturated carbocycles. The van der Waals surface area contributed by atoms with Crippen LogP contribution in [0.4, 0.5) is 5.69 Å². The number of cyclic esters (lactones) is 1. The number of hydrogen-bond acceptors (Lipinski definition) is 4. The van der Waals surface area contributed by atoms with Gasteiger partial charge in [-0.2, -0.15) is 0 Å². The maximum atomic E-state index is 12.6. The lowest BCUT2D eigenvalue weighted by Crippen LogP contribution is -2.31. The lowest BCUT2D eigenvalue weighted by molar-refractivity contribution is -0.146. The summed E-state index contributed by atoms with van der Waals surface area (Å²) in [5.74, 6) is 0.407. The molecular formula is C23H22ClNO4. The summed E-state index contributed by atoms with van der Waals surface area (Å²) >= 11 is 6.16. The van der Waals surface area contributed by atoms with Gasteiger partial charge in [-0.25, -0.2) is 0 Å². The molecule has 0 bridgehead atoms. The molecule has 1 amide bonds. The van der Waals surface area contributed by atoms with Crippen LogP contribution in [-0.2, 0) is 16.0 Å². The van der Waals surface area contributed by atoms with Crippen LogP contribution in [-0.4, -0.2) is 25.6 Å².